The first-order chi connectivity index (χ1) is 6.25. The van der Waals surface area contributed by atoms with Crippen molar-refractivity contribution in [2.24, 2.45) is 10.7 Å². The molecule has 0 bridgehead atoms. The molecule has 1 radical (unpaired) electrons. The molecule has 1 aliphatic heterocycles. The highest BCUT2D eigenvalue weighted by molar-refractivity contribution is 5.92. The second kappa shape index (κ2) is 4.46. The van der Waals surface area contributed by atoms with Gasteiger partial charge in [0, 0.05) is 7.11 Å². The number of esters is 1. The molecular formula is C7H10N3O3. The van der Waals surface area contributed by atoms with Crippen LogP contribution in [-0.2, 0) is 14.3 Å². The molecule has 71 valence electrons. The van der Waals surface area contributed by atoms with Gasteiger partial charge in [0.1, 0.15) is 12.9 Å². The molecule has 0 aliphatic carbocycles. The van der Waals surface area contributed by atoms with Gasteiger partial charge in [-0.15, -0.1) is 0 Å². The van der Waals surface area contributed by atoms with Gasteiger partial charge in [-0.1, -0.05) is 0 Å². The Kier molecular flexibility index (Phi) is 3.27. The predicted molar refractivity (Wildman–Crippen MR) is 44.7 cm³/mol. The number of rotatable bonds is 4. The van der Waals surface area contributed by atoms with Gasteiger partial charge >= 0.3 is 5.97 Å². The molecule has 0 spiro atoms. The van der Waals surface area contributed by atoms with Crippen molar-refractivity contribution >= 4 is 12.3 Å². The van der Waals surface area contributed by atoms with Crippen LogP contribution in [0.3, 0.4) is 0 Å². The summed E-state index contributed by atoms with van der Waals surface area (Å²) in [7, 11) is 1.52. The van der Waals surface area contributed by atoms with Crippen molar-refractivity contribution in [3.05, 3.63) is 11.5 Å². The zero-order valence-electron chi connectivity index (χ0n) is 7.19. The topological polar surface area (TPSA) is 88.0 Å². The van der Waals surface area contributed by atoms with E-state index in [0.717, 1.165) is 0 Å². The van der Waals surface area contributed by atoms with Crippen LogP contribution in [0.2, 0.25) is 0 Å². The van der Waals surface area contributed by atoms with E-state index in [-0.39, 0.29) is 18.1 Å². The minimum Gasteiger partial charge on any atom is -0.458 e. The van der Waals surface area contributed by atoms with Crippen LogP contribution >= 0.6 is 0 Å². The fraction of sp³-hybridized carbons (Fsp3) is 0.429. The lowest BCUT2D eigenvalue weighted by Crippen LogP contribution is -2.15. The Labute approximate surface area is 75.4 Å². The molecular weight excluding hydrogens is 174 g/mol. The maximum atomic E-state index is 11.1. The average Bonchev–Trinajstić information content (AvgIpc) is 2.52. The molecule has 0 amide bonds. The summed E-state index contributed by atoms with van der Waals surface area (Å²) in [5.41, 5.74) is 5.39. The van der Waals surface area contributed by atoms with Gasteiger partial charge in [0.25, 0.3) is 0 Å². The van der Waals surface area contributed by atoms with E-state index < -0.39 is 5.97 Å². The van der Waals surface area contributed by atoms with Crippen LogP contribution < -0.4 is 11.1 Å². The molecule has 2 N–H and O–H groups in total. The molecule has 13 heavy (non-hydrogen) atoms. The number of nitrogens with zero attached hydrogens (tertiary/aromatic N) is 2. The van der Waals surface area contributed by atoms with E-state index >= 15 is 0 Å². The Bertz CT molecular complexity index is 260. The van der Waals surface area contributed by atoms with Crippen molar-refractivity contribution in [3.8, 4) is 0 Å². The third-order valence-corrected chi connectivity index (χ3v) is 1.34. The van der Waals surface area contributed by atoms with E-state index in [2.05, 4.69) is 10.3 Å². The summed E-state index contributed by atoms with van der Waals surface area (Å²) in [5, 5.41) is 3.60. The van der Waals surface area contributed by atoms with Crippen LogP contribution in [0.4, 0.5) is 0 Å². The Hall–Kier alpha value is -1.56. The van der Waals surface area contributed by atoms with Crippen LogP contribution in [0.1, 0.15) is 0 Å². The summed E-state index contributed by atoms with van der Waals surface area (Å²) >= 11 is 0. The standard InChI is InChI=1S/C7H10N3O3/c1-12-2-3-13-7(11)5-6(8)10-4-9-5/h4H,2-3,8H2,1H3. The summed E-state index contributed by atoms with van der Waals surface area (Å²) in [6, 6.07) is 0. The number of ether oxygens (including phenoxy) is 2. The number of hydrogen-bond donors (Lipinski definition) is 1. The van der Waals surface area contributed by atoms with Crippen molar-refractivity contribution < 1.29 is 14.3 Å². The van der Waals surface area contributed by atoms with Gasteiger partial charge in [0.2, 0.25) is 0 Å². The Morgan fingerprint density at radius 2 is 2.38 bits per heavy atom. The van der Waals surface area contributed by atoms with Crippen LogP contribution in [0, 0.1) is 0 Å². The highest BCUT2D eigenvalue weighted by Crippen LogP contribution is 2.06. The molecule has 0 unspecified atom stereocenters. The molecule has 6 heteroatoms. The first-order valence-corrected chi connectivity index (χ1v) is 3.65. The quantitative estimate of drug-likeness (QED) is 0.446. The number of nitrogens with two attached hydrogens (primary N) is 1. The fourth-order valence-electron chi connectivity index (χ4n) is 0.719. The van der Waals surface area contributed by atoms with Crippen LogP contribution in [0.25, 0.3) is 0 Å². The normalized spacial score (nSPS) is 14.5. The molecule has 1 aliphatic rings. The third-order valence-electron chi connectivity index (χ3n) is 1.34. The summed E-state index contributed by atoms with van der Waals surface area (Å²) in [6.45, 7) is 0.529. The number of aliphatic imine (C=N–C) groups is 1. The van der Waals surface area contributed by atoms with Crippen molar-refractivity contribution in [2.75, 3.05) is 20.3 Å². The molecule has 0 fully saturated rings. The summed E-state index contributed by atoms with van der Waals surface area (Å²) < 4.78 is 9.46. The van der Waals surface area contributed by atoms with E-state index in [1.807, 2.05) is 0 Å². The highest BCUT2D eigenvalue weighted by atomic mass is 16.6. The highest BCUT2D eigenvalue weighted by Gasteiger charge is 2.18. The van der Waals surface area contributed by atoms with E-state index in [1.54, 1.807) is 0 Å². The Morgan fingerprint density at radius 3 is 2.92 bits per heavy atom. The average molecular weight is 184 g/mol. The summed E-state index contributed by atoms with van der Waals surface area (Å²) in [5.74, 6) is -0.491. The molecule has 0 aromatic rings. The molecule has 1 heterocycles. The second-order valence-corrected chi connectivity index (χ2v) is 2.24. The monoisotopic (exact) mass is 184 g/mol. The molecule has 1 rings (SSSR count). The lowest BCUT2D eigenvalue weighted by molar-refractivity contribution is -0.140. The van der Waals surface area contributed by atoms with E-state index in [0.29, 0.717) is 6.61 Å². The Morgan fingerprint density at radius 1 is 1.62 bits per heavy atom. The van der Waals surface area contributed by atoms with Gasteiger partial charge in [0.15, 0.2) is 11.5 Å². The zero-order chi connectivity index (χ0) is 9.68. The molecule has 0 aromatic heterocycles. The molecule has 0 saturated heterocycles. The molecule has 0 aromatic carbocycles. The minimum atomic E-state index is -0.577. The van der Waals surface area contributed by atoms with Crippen molar-refractivity contribution in [1.82, 2.24) is 5.32 Å². The third kappa shape index (κ3) is 2.45. The lowest BCUT2D eigenvalue weighted by atomic mass is 10.4. The van der Waals surface area contributed by atoms with E-state index in [1.165, 1.54) is 13.4 Å². The zero-order valence-corrected chi connectivity index (χ0v) is 7.19. The number of carbonyl (C=O) groups is 1. The SMILES string of the molecule is COCCOC(=O)C1=C(N)[N]C=N1. The Balaban J connectivity index is 2.39. The first kappa shape index (κ1) is 9.53. The van der Waals surface area contributed by atoms with Gasteiger partial charge in [0.05, 0.1) is 6.61 Å². The van der Waals surface area contributed by atoms with Gasteiger partial charge in [-0.2, -0.15) is 0 Å². The second-order valence-electron chi connectivity index (χ2n) is 2.24. The van der Waals surface area contributed by atoms with Crippen molar-refractivity contribution in [3.63, 3.8) is 0 Å². The van der Waals surface area contributed by atoms with E-state index in [4.69, 9.17) is 15.2 Å². The largest absolute Gasteiger partial charge is 0.458 e. The predicted octanol–water partition coefficient (Wildman–Crippen LogP) is -1.05. The van der Waals surface area contributed by atoms with Gasteiger partial charge < -0.3 is 15.2 Å². The minimum absolute atomic E-state index is 0.0519. The van der Waals surface area contributed by atoms with Gasteiger partial charge in [-0.3, -0.25) is 0 Å². The maximum Gasteiger partial charge on any atom is 0.360 e. The van der Waals surface area contributed by atoms with Crippen LogP contribution in [0.5, 0.6) is 0 Å². The van der Waals surface area contributed by atoms with Crippen LogP contribution in [-0.4, -0.2) is 32.6 Å². The van der Waals surface area contributed by atoms with Gasteiger partial charge in [-0.25, -0.2) is 15.1 Å². The fourth-order valence-corrected chi connectivity index (χ4v) is 0.719. The number of methoxy groups -OCH3 is 1. The maximum absolute atomic E-state index is 11.1. The summed E-state index contributed by atoms with van der Waals surface area (Å²) in [4.78, 5) is 14.8. The van der Waals surface area contributed by atoms with E-state index in [9.17, 15) is 4.79 Å². The number of hydrogen-bond acceptors (Lipinski definition) is 5. The summed E-state index contributed by atoms with van der Waals surface area (Å²) in [6.07, 6.45) is 1.21. The molecule has 6 nitrogen and oxygen atoms in total. The lowest BCUT2D eigenvalue weighted by Gasteiger charge is -2.02. The molecule has 0 atom stereocenters. The van der Waals surface area contributed by atoms with Crippen molar-refractivity contribution in [1.29, 1.82) is 0 Å². The smallest absolute Gasteiger partial charge is 0.360 e. The first-order valence-electron chi connectivity index (χ1n) is 3.65. The number of carbonyl (C=O) groups excluding carboxylic acids is 1. The van der Waals surface area contributed by atoms with Gasteiger partial charge in [-0.05, 0) is 0 Å². The van der Waals surface area contributed by atoms with Crippen LogP contribution in [0.15, 0.2) is 16.5 Å². The molecule has 0 saturated carbocycles. The van der Waals surface area contributed by atoms with Crippen molar-refractivity contribution in [2.45, 2.75) is 0 Å².